The molecule has 3 rings (SSSR count). The summed E-state index contributed by atoms with van der Waals surface area (Å²) in [5.74, 6) is 0.804. The van der Waals surface area contributed by atoms with Crippen LogP contribution in [0.4, 0.5) is 0 Å². The van der Waals surface area contributed by atoms with E-state index in [4.69, 9.17) is 4.74 Å². The number of hydrogen-bond acceptors (Lipinski definition) is 2. The maximum absolute atomic E-state index is 6.00. The highest BCUT2D eigenvalue weighted by Crippen LogP contribution is 2.53. The molecule has 69 valence electrons. The highest BCUT2D eigenvalue weighted by molar-refractivity contribution is 7.07. The molecule has 2 fully saturated rings. The fourth-order valence-electron chi connectivity index (χ4n) is 2.45. The molecular formula is C11H13OS. The first-order valence-corrected chi connectivity index (χ1v) is 5.89. The molecule has 1 nitrogen and oxygen atoms in total. The van der Waals surface area contributed by atoms with Crippen molar-refractivity contribution in [3.05, 3.63) is 22.4 Å². The topological polar surface area (TPSA) is 9.23 Å². The molecule has 1 saturated heterocycles. The van der Waals surface area contributed by atoms with Crippen molar-refractivity contribution in [1.29, 1.82) is 0 Å². The smallest absolute Gasteiger partial charge is 0.0968 e. The van der Waals surface area contributed by atoms with E-state index in [1.165, 1.54) is 31.2 Å². The van der Waals surface area contributed by atoms with Crippen LogP contribution < -0.4 is 0 Å². The quantitative estimate of drug-likeness (QED) is 0.701. The predicted octanol–water partition coefficient (Wildman–Crippen LogP) is 2.96. The lowest BCUT2D eigenvalue weighted by Gasteiger charge is -2.27. The minimum atomic E-state index is 0.108. The molecular weight excluding hydrogens is 180 g/mol. The Hall–Kier alpha value is -0.340. The third-order valence-electron chi connectivity index (χ3n) is 3.25. The van der Waals surface area contributed by atoms with E-state index in [-0.39, 0.29) is 5.60 Å². The Morgan fingerprint density at radius 3 is 3.00 bits per heavy atom. The highest BCUT2D eigenvalue weighted by Gasteiger charge is 2.49. The first-order chi connectivity index (χ1) is 6.42. The molecule has 1 saturated carbocycles. The lowest BCUT2D eigenvalue weighted by atomic mass is 9.88. The second-order valence-corrected chi connectivity index (χ2v) is 4.78. The van der Waals surface area contributed by atoms with Gasteiger partial charge in [-0.05, 0) is 48.6 Å². The minimum Gasteiger partial charge on any atom is -0.370 e. The van der Waals surface area contributed by atoms with E-state index in [2.05, 4.69) is 16.8 Å². The molecule has 0 bridgehead atoms. The van der Waals surface area contributed by atoms with Gasteiger partial charge in [0.1, 0.15) is 0 Å². The maximum Gasteiger partial charge on any atom is 0.0968 e. The lowest BCUT2D eigenvalue weighted by molar-refractivity contribution is -0.0190. The first-order valence-electron chi connectivity index (χ1n) is 5.01. The van der Waals surface area contributed by atoms with Crippen LogP contribution in [0.2, 0.25) is 0 Å². The summed E-state index contributed by atoms with van der Waals surface area (Å²) in [6, 6.07) is 2.12. The van der Waals surface area contributed by atoms with Crippen molar-refractivity contribution in [2.45, 2.75) is 31.3 Å². The predicted molar refractivity (Wildman–Crippen MR) is 52.7 cm³/mol. The van der Waals surface area contributed by atoms with Crippen LogP contribution in [0, 0.1) is 11.3 Å². The van der Waals surface area contributed by atoms with Gasteiger partial charge in [0.15, 0.2) is 0 Å². The summed E-state index contributed by atoms with van der Waals surface area (Å²) in [4.78, 5) is 0. The average Bonchev–Trinajstić information content (AvgIpc) is 2.73. The number of rotatable bonds is 2. The van der Waals surface area contributed by atoms with E-state index in [0.29, 0.717) is 0 Å². The van der Waals surface area contributed by atoms with Crippen molar-refractivity contribution in [1.82, 2.24) is 0 Å². The van der Waals surface area contributed by atoms with E-state index < -0.39 is 0 Å². The van der Waals surface area contributed by atoms with E-state index in [9.17, 15) is 0 Å². The summed E-state index contributed by atoms with van der Waals surface area (Å²) >= 11 is 1.67. The number of ether oxygens (including phenoxy) is 1. The monoisotopic (exact) mass is 193 g/mol. The largest absolute Gasteiger partial charge is 0.370 e. The number of hydrogen-bond donors (Lipinski definition) is 0. The van der Waals surface area contributed by atoms with Crippen LogP contribution in [0.25, 0.3) is 0 Å². The van der Waals surface area contributed by atoms with Gasteiger partial charge in [-0.1, -0.05) is 0 Å². The standard InChI is InChI=1S/C11H13OS/c1-5-11(12-6-1,9-2-3-9)10-4-7-13-8-10/h4,8-9H,1-3,5-6H2. The van der Waals surface area contributed by atoms with Crippen LogP contribution in [-0.4, -0.2) is 6.61 Å². The van der Waals surface area contributed by atoms with Crippen LogP contribution in [-0.2, 0) is 10.3 Å². The van der Waals surface area contributed by atoms with E-state index in [0.717, 1.165) is 12.5 Å². The molecule has 0 amide bonds. The van der Waals surface area contributed by atoms with Crippen LogP contribution in [0.3, 0.4) is 0 Å². The molecule has 0 spiro atoms. The lowest BCUT2D eigenvalue weighted by Crippen LogP contribution is -2.26. The second-order valence-electron chi connectivity index (χ2n) is 4.07. The molecule has 13 heavy (non-hydrogen) atoms. The van der Waals surface area contributed by atoms with Gasteiger partial charge in [0.05, 0.1) is 5.60 Å². The summed E-state index contributed by atoms with van der Waals surface area (Å²) in [5, 5.41) is 5.39. The Balaban J connectivity index is 1.98. The molecule has 1 aromatic heterocycles. The van der Waals surface area contributed by atoms with Gasteiger partial charge < -0.3 is 4.74 Å². The van der Waals surface area contributed by atoms with Crippen LogP contribution in [0.5, 0.6) is 0 Å². The fourth-order valence-corrected chi connectivity index (χ4v) is 3.10. The van der Waals surface area contributed by atoms with Gasteiger partial charge in [0.2, 0.25) is 0 Å². The molecule has 1 aromatic rings. The zero-order valence-corrected chi connectivity index (χ0v) is 8.40. The van der Waals surface area contributed by atoms with Crippen molar-refractivity contribution in [3.8, 4) is 0 Å². The molecule has 2 aliphatic rings. The molecule has 1 radical (unpaired) electrons. The second kappa shape index (κ2) is 2.82. The summed E-state index contributed by atoms with van der Waals surface area (Å²) < 4.78 is 6.00. The van der Waals surface area contributed by atoms with Gasteiger partial charge in [-0.15, -0.1) is 11.3 Å². The van der Waals surface area contributed by atoms with Crippen molar-refractivity contribution in [3.63, 3.8) is 0 Å². The van der Waals surface area contributed by atoms with E-state index >= 15 is 0 Å². The minimum absolute atomic E-state index is 0.108. The number of thiophene rings is 1. The molecule has 1 atom stereocenters. The van der Waals surface area contributed by atoms with Crippen molar-refractivity contribution < 1.29 is 4.74 Å². The molecule has 2 heterocycles. The van der Waals surface area contributed by atoms with Gasteiger partial charge in [-0.2, -0.15) is 0 Å². The molecule has 0 N–H and O–H groups in total. The Labute approximate surface area is 82.7 Å². The molecule has 2 heteroatoms. The van der Waals surface area contributed by atoms with Crippen molar-refractivity contribution >= 4 is 11.3 Å². The zero-order chi connectivity index (χ0) is 8.73. The van der Waals surface area contributed by atoms with Crippen LogP contribution in [0.1, 0.15) is 31.2 Å². The summed E-state index contributed by atoms with van der Waals surface area (Å²) in [6.45, 7) is 0.951. The maximum atomic E-state index is 6.00. The third kappa shape index (κ3) is 1.16. The zero-order valence-electron chi connectivity index (χ0n) is 7.58. The normalized spacial score (nSPS) is 33.8. The Bertz CT molecular complexity index is 281. The molecule has 1 unspecified atom stereocenters. The Morgan fingerprint density at radius 2 is 2.46 bits per heavy atom. The highest BCUT2D eigenvalue weighted by atomic mass is 32.1. The molecule has 1 aliphatic carbocycles. The van der Waals surface area contributed by atoms with E-state index in [1.807, 2.05) is 0 Å². The van der Waals surface area contributed by atoms with Gasteiger partial charge in [-0.3, -0.25) is 0 Å². The first kappa shape index (κ1) is 8.01. The Kier molecular flexibility index (Phi) is 1.74. The van der Waals surface area contributed by atoms with Crippen LogP contribution in [0.15, 0.2) is 11.4 Å². The van der Waals surface area contributed by atoms with Gasteiger partial charge in [0, 0.05) is 12.0 Å². The summed E-state index contributed by atoms with van der Waals surface area (Å²) in [5.41, 5.74) is 1.49. The van der Waals surface area contributed by atoms with Crippen LogP contribution >= 0.6 is 11.3 Å². The average molecular weight is 193 g/mol. The summed E-state index contributed by atoms with van der Waals surface area (Å²) in [7, 11) is 0. The molecule has 1 aliphatic heterocycles. The SMILES string of the molecule is [c]1cc(C2(C3CC3)CCCO2)cs1. The van der Waals surface area contributed by atoms with Crippen molar-refractivity contribution in [2.75, 3.05) is 6.61 Å². The summed E-state index contributed by atoms with van der Waals surface area (Å²) in [6.07, 6.45) is 5.17. The van der Waals surface area contributed by atoms with Gasteiger partial charge in [-0.25, -0.2) is 0 Å². The third-order valence-corrected chi connectivity index (χ3v) is 3.87. The van der Waals surface area contributed by atoms with E-state index in [1.54, 1.807) is 11.3 Å². The Morgan fingerprint density at radius 1 is 1.54 bits per heavy atom. The van der Waals surface area contributed by atoms with Gasteiger partial charge in [0.25, 0.3) is 0 Å². The van der Waals surface area contributed by atoms with Gasteiger partial charge >= 0.3 is 0 Å². The molecule has 0 aromatic carbocycles. The van der Waals surface area contributed by atoms with Crippen molar-refractivity contribution in [2.24, 2.45) is 5.92 Å². The fraction of sp³-hybridized carbons (Fsp3) is 0.636.